The van der Waals surface area contributed by atoms with Gasteiger partial charge in [0.25, 0.3) is 0 Å². The number of benzene rings is 2. The predicted molar refractivity (Wildman–Crippen MR) is 95.2 cm³/mol. The Morgan fingerprint density at radius 3 is 2.36 bits per heavy atom. The van der Waals surface area contributed by atoms with Crippen LogP contribution in [0.4, 0.5) is 8.78 Å². The van der Waals surface area contributed by atoms with Crippen LogP contribution in [0.25, 0.3) is 10.6 Å². The molecule has 1 aromatic heterocycles. The fourth-order valence-corrected chi connectivity index (χ4v) is 4.92. The van der Waals surface area contributed by atoms with Gasteiger partial charge in [0.15, 0.2) is 9.84 Å². The molecule has 0 atom stereocenters. The molecule has 0 unspecified atom stereocenters. The molecule has 0 aliphatic rings. The van der Waals surface area contributed by atoms with Crippen LogP contribution in [0.2, 0.25) is 5.02 Å². The van der Waals surface area contributed by atoms with Crippen LogP contribution in [0.3, 0.4) is 0 Å². The first-order valence-electron chi connectivity index (χ1n) is 7.17. The first kappa shape index (κ1) is 18.0. The fourth-order valence-electron chi connectivity index (χ4n) is 2.25. The summed E-state index contributed by atoms with van der Waals surface area (Å²) >= 11 is 7.17. The fraction of sp³-hybridized carbons (Fsp3) is 0.118. The van der Waals surface area contributed by atoms with Gasteiger partial charge in [-0.2, -0.15) is 0 Å². The first-order chi connectivity index (χ1) is 11.8. The highest BCUT2D eigenvalue weighted by Gasteiger charge is 2.18. The maximum Gasteiger partial charge on any atom is 0.160 e. The van der Waals surface area contributed by atoms with Gasteiger partial charge in [-0.1, -0.05) is 17.7 Å². The van der Waals surface area contributed by atoms with E-state index in [4.69, 9.17) is 11.6 Å². The van der Waals surface area contributed by atoms with Gasteiger partial charge in [0.2, 0.25) is 0 Å². The first-order valence-corrected chi connectivity index (χ1v) is 10.2. The van der Waals surface area contributed by atoms with E-state index in [-0.39, 0.29) is 22.3 Å². The number of rotatable bonds is 5. The highest BCUT2D eigenvalue weighted by molar-refractivity contribution is 7.89. The second-order valence-corrected chi connectivity index (χ2v) is 8.75. The summed E-state index contributed by atoms with van der Waals surface area (Å²) in [4.78, 5) is 4.30. The van der Waals surface area contributed by atoms with E-state index in [2.05, 4.69) is 4.98 Å². The number of sulfone groups is 1. The molecule has 0 bridgehead atoms. The topological polar surface area (TPSA) is 47.0 Å². The molecule has 0 saturated carbocycles. The molecule has 8 heteroatoms. The zero-order valence-electron chi connectivity index (χ0n) is 12.7. The van der Waals surface area contributed by atoms with Gasteiger partial charge in [0, 0.05) is 16.0 Å². The monoisotopic (exact) mass is 399 g/mol. The van der Waals surface area contributed by atoms with E-state index in [0.29, 0.717) is 16.3 Å². The lowest BCUT2D eigenvalue weighted by Crippen LogP contribution is -2.08. The number of nitrogens with zero attached hydrogens (tertiary/aromatic N) is 1. The summed E-state index contributed by atoms with van der Waals surface area (Å²) < 4.78 is 50.7. The van der Waals surface area contributed by atoms with Crippen molar-refractivity contribution in [1.29, 1.82) is 0 Å². The van der Waals surface area contributed by atoms with Crippen LogP contribution in [-0.4, -0.2) is 13.4 Å². The van der Waals surface area contributed by atoms with E-state index in [1.807, 2.05) is 0 Å². The number of halogens is 3. The molecule has 0 spiro atoms. The van der Waals surface area contributed by atoms with Gasteiger partial charge in [-0.25, -0.2) is 22.2 Å². The molecule has 3 aromatic rings. The van der Waals surface area contributed by atoms with E-state index in [1.54, 1.807) is 17.5 Å². The minimum absolute atomic E-state index is 0.0776. The Bertz CT molecular complexity index is 1000. The van der Waals surface area contributed by atoms with Gasteiger partial charge in [-0.15, -0.1) is 11.3 Å². The van der Waals surface area contributed by atoms with Crippen LogP contribution in [0.1, 0.15) is 11.3 Å². The third-order valence-electron chi connectivity index (χ3n) is 3.40. The Labute approximate surface area is 152 Å². The van der Waals surface area contributed by atoms with Crippen molar-refractivity contribution >= 4 is 32.8 Å². The zero-order valence-corrected chi connectivity index (χ0v) is 15.1. The summed E-state index contributed by atoms with van der Waals surface area (Å²) in [7, 11) is -3.52. The van der Waals surface area contributed by atoms with Crippen molar-refractivity contribution in [2.45, 2.75) is 11.5 Å². The van der Waals surface area contributed by atoms with Crippen LogP contribution in [0.5, 0.6) is 0 Å². The van der Waals surface area contributed by atoms with Crippen LogP contribution in [-0.2, 0) is 21.3 Å². The molecular weight excluding hydrogens is 388 g/mol. The Hall–Kier alpha value is -1.83. The summed E-state index contributed by atoms with van der Waals surface area (Å²) in [6, 6.07) is 9.44. The maximum atomic E-state index is 13.1. The number of hydrogen-bond donors (Lipinski definition) is 0. The molecule has 130 valence electrons. The zero-order chi connectivity index (χ0) is 18.0. The van der Waals surface area contributed by atoms with Crippen LogP contribution < -0.4 is 0 Å². The summed E-state index contributed by atoms with van der Waals surface area (Å²) in [5.41, 5.74) is 1.47. The molecule has 25 heavy (non-hydrogen) atoms. The van der Waals surface area contributed by atoms with E-state index in [9.17, 15) is 17.2 Å². The molecule has 2 aromatic carbocycles. The summed E-state index contributed by atoms with van der Waals surface area (Å²) in [6.07, 6.45) is 0. The molecule has 0 N–H and O–H groups in total. The number of hydrogen-bond acceptors (Lipinski definition) is 4. The van der Waals surface area contributed by atoms with E-state index in [1.165, 1.54) is 35.6 Å². The van der Waals surface area contributed by atoms with Gasteiger partial charge < -0.3 is 0 Å². The predicted octanol–water partition coefficient (Wildman–Crippen LogP) is 4.86. The quantitative estimate of drug-likeness (QED) is 0.615. The van der Waals surface area contributed by atoms with Crippen molar-refractivity contribution < 1.29 is 17.2 Å². The largest absolute Gasteiger partial charge is 0.240 e. The Morgan fingerprint density at radius 1 is 1.00 bits per heavy atom. The molecule has 3 rings (SSSR count). The molecule has 0 radical (unpaired) electrons. The maximum absolute atomic E-state index is 13.1. The van der Waals surface area contributed by atoms with Crippen molar-refractivity contribution in [3.05, 3.63) is 75.8 Å². The lowest BCUT2D eigenvalue weighted by molar-refractivity contribution is 0.593. The molecule has 0 aliphatic heterocycles. The van der Waals surface area contributed by atoms with E-state index in [0.717, 1.165) is 11.6 Å². The molecule has 0 fully saturated rings. The molecule has 1 heterocycles. The van der Waals surface area contributed by atoms with Crippen molar-refractivity contribution in [2.24, 2.45) is 0 Å². The van der Waals surface area contributed by atoms with Gasteiger partial charge >= 0.3 is 0 Å². The third-order valence-corrected chi connectivity index (χ3v) is 6.18. The third kappa shape index (κ3) is 4.62. The second kappa shape index (κ2) is 7.19. The van der Waals surface area contributed by atoms with Crippen LogP contribution in [0.15, 0.2) is 47.8 Å². The smallest absolute Gasteiger partial charge is 0.160 e. The molecule has 0 amide bonds. The summed E-state index contributed by atoms with van der Waals surface area (Å²) in [6.45, 7) is 0. The van der Waals surface area contributed by atoms with E-state index >= 15 is 0 Å². The minimum Gasteiger partial charge on any atom is -0.240 e. The average Bonchev–Trinajstić information content (AvgIpc) is 2.98. The van der Waals surface area contributed by atoms with Crippen molar-refractivity contribution in [3.8, 4) is 10.6 Å². The molecule has 0 saturated heterocycles. The van der Waals surface area contributed by atoms with Crippen molar-refractivity contribution in [3.63, 3.8) is 0 Å². The minimum atomic E-state index is -3.52. The van der Waals surface area contributed by atoms with E-state index < -0.39 is 15.7 Å². The second-order valence-electron chi connectivity index (χ2n) is 5.42. The highest BCUT2D eigenvalue weighted by atomic mass is 35.5. The molecular formula is C17H12ClF2NO2S2. The van der Waals surface area contributed by atoms with Crippen LogP contribution in [0, 0.1) is 11.6 Å². The SMILES string of the molecule is O=S(=O)(Cc1csc(-c2ccc(F)cc2)n1)Cc1ccc(F)cc1Cl. The Kier molecular flexibility index (Phi) is 5.17. The van der Waals surface area contributed by atoms with Crippen molar-refractivity contribution in [2.75, 3.05) is 0 Å². The average molecular weight is 400 g/mol. The summed E-state index contributed by atoms with van der Waals surface area (Å²) in [5.74, 6) is -1.41. The normalized spacial score (nSPS) is 11.6. The van der Waals surface area contributed by atoms with Crippen LogP contribution >= 0.6 is 22.9 Å². The van der Waals surface area contributed by atoms with Gasteiger partial charge in [-0.3, -0.25) is 0 Å². The van der Waals surface area contributed by atoms with Gasteiger partial charge in [0.05, 0.1) is 17.2 Å². The molecule has 3 nitrogen and oxygen atoms in total. The number of aromatic nitrogens is 1. The van der Waals surface area contributed by atoms with Gasteiger partial charge in [-0.05, 0) is 42.0 Å². The lowest BCUT2D eigenvalue weighted by Gasteiger charge is -2.05. The Balaban J connectivity index is 1.76. The highest BCUT2D eigenvalue weighted by Crippen LogP contribution is 2.26. The lowest BCUT2D eigenvalue weighted by atomic mass is 10.2. The number of thiazole rings is 1. The molecule has 0 aliphatic carbocycles. The standard InChI is InChI=1S/C17H12ClF2NO2S2/c18-16-7-14(20)6-3-12(16)9-25(22,23)10-15-8-24-17(21-15)11-1-4-13(19)5-2-11/h1-8H,9-10H2. The van der Waals surface area contributed by atoms with Crippen molar-refractivity contribution in [1.82, 2.24) is 4.98 Å². The van der Waals surface area contributed by atoms with Gasteiger partial charge in [0.1, 0.15) is 16.6 Å². The Morgan fingerprint density at radius 2 is 1.68 bits per heavy atom. The summed E-state index contributed by atoms with van der Waals surface area (Å²) in [5, 5.41) is 2.35.